The summed E-state index contributed by atoms with van der Waals surface area (Å²) >= 11 is 6.16. The van der Waals surface area contributed by atoms with Crippen LogP contribution in [0.2, 0.25) is 5.02 Å². The van der Waals surface area contributed by atoms with Gasteiger partial charge in [0.1, 0.15) is 11.6 Å². The van der Waals surface area contributed by atoms with Crippen LogP contribution in [-0.4, -0.2) is 43.4 Å². The number of hydrogen-bond donors (Lipinski definition) is 0. The van der Waals surface area contributed by atoms with Crippen LogP contribution in [0.25, 0.3) is 0 Å². The quantitative estimate of drug-likeness (QED) is 0.552. The molecule has 162 valence electrons. The van der Waals surface area contributed by atoms with E-state index in [1.165, 1.54) is 17.0 Å². The first-order valence-electron chi connectivity index (χ1n) is 9.98. The van der Waals surface area contributed by atoms with E-state index in [2.05, 4.69) is 6.92 Å². The highest BCUT2D eigenvalue weighted by molar-refractivity contribution is 7.91. The van der Waals surface area contributed by atoms with Crippen molar-refractivity contribution < 1.29 is 22.3 Å². The molecule has 0 N–H and O–H groups in total. The molecule has 0 saturated carbocycles. The van der Waals surface area contributed by atoms with Crippen LogP contribution in [-0.2, 0) is 16.4 Å². The third kappa shape index (κ3) is 5.52. The van der Waals surface area contributed by atoms with Crippen molar-refractivity contribution in [3.05, 3.63) is 64.4 Å². The molecule has 0 bridgehead atoms. The van der Waals surface area contributed by atoms with Crippen molar-refractivity contribution in [2.45, 2.75) is 38.8 Å². The van der Waals surface area contributed by atoms with E-state index in [9.17, 15) is 17.6 Å². The van der Waals surface area contributed by atoms with Crippen molar-refractivity contribution in [3.63, 3.8) is 0 Å². The summed E-state index contributed by atoms with van der Waals surface area (Å²) in [6.07, 6.45) is 2.28. The van der Waals surface area contributed by atoms with E-state index in [4.69, 9.17) is 16.3 Å². The van der Waals surface area contributed by atoms with Crippen molar-refractivity contribution in [1.29, 1.82) is 0 Å². The molecule has 2 aromatic rings. The summed E-state index contributed by atoms with van der Waals surface area (Å²) in [5, 5.41) is 0.202. The molecule has 1 fully saturated rings. The minimum absolute atomic E-state index is 0.0106. The molecule has 30 heavy (non-hydrogen) atoms. The molecule has 1 heterocycles. The number of sulfone groups is 1. The van der Waals surface area contributed by atoms with Crippen LogP contribution in [0.5, 0.6) is 5.75 Å². The van der Waals surface area contributed by atoms with Crippen molar-refractivity contribution in [2.24, 2.45) is 0 Å². The van der Waals surface area contributed by atoms with E-state index in [-0.39, 0.29) is 34.5 Å². The Hall–Kier alpha value is -2.12. The average Bonchev–Trinajstić information content (AvgIpc) is 3.07. The number of hydrogen-bond acceptors (Lipinski definition) is 4. The van der Waals surface area contributed by atoms with Crippen LogP contribution in [0, 0.1) is 5.82 Å². The van der Waals surface area contributed by atoms with Gasteiger partial charge in [0, 0.05) is 22.2 Å². The summed E-state index contributed by atoms with van der Waals surface area (Å²) in [4.78, 5) is 14.7. The van der Waals surface area contributed by atoms with Crippen LogP contribution in [0.3, 0.4) is 0 Å². The van der Waals surface area contributed by atoms with Crippen molar-refractivity contribution >= 4 is 27.3 Å². The maximum absolute atomic E-state index is 14.4. The number of nitrogens with zero attached hydrogens (tertiary/aromatic N) is 1. The Bertz CT molecular complexity index is 974. The third-order valence-corrected chi connectivity index (χ3v) is 7.27. The van der Waals surface area contributed by atoms with Gasteiger partial charge in [-0.15, -0.1) is 0 Å². The third-order valence-electron chi connectivity index (χ3n) is 5.17. The highest BCUT2D eigenvalue weighted by Crippen LogP contribution is 2.27. The standard InChI is InChI=1S/C22H25ClFNO4S/c1-2-3-12-29-18-9-7-16(8-10-18)22(26)25(17-11-13-30(27,28)15-17)14-19-20(23)5-4-6-21(19)24/h4-10,17H,2-3,11-15H2,1H3/t17-/m0/s1. The molecule has 1 saturated heterocycles. The first-order valence-corrected chi connectivity index (χ1v) is 12.2. The second kappa shape index (κ2) is 9.79. The zero-order chi connectivity index (χ0) is 21.7. The first kappa shape index (κ1) is 22.6. The Morgan fingerprint density at radius 1 is 1.23 bits per heavy atom. The number of amides is 1. The zero-order valence-electron chi connectivity index (χ0n) is 16.8. The lowest BCUT2D eigenvalue weighted by Crippen LogP contribution is -2.41. The van der Waals surface area contributed by atoms with E-state index >= 15 is 0 Å². The van der Waals surface area contributed by atoms with E-state index < -0.39 is 21.7 Å². The summed E-state index contributed by atoms with van der Waals surface area (Å²) < 4.78 is 44.0. The Morgan fingerprint density at radius 2 is 1.97 bits per heavy atom. The van der Waals surface area contributed by atoms with Crippen molar-refractivity contribution in [3.8, 4) is 5.75 Å². The molecule has 8 heteroatoms. The highest BCUT2D eigenvalue weighted by atomic mass is 35.5. The number of ether oxygens (including phenoxy) is 1. The lowest BCUT2D eigenvalue weighted by atomic mass is 10.1. The van der Waals surface area contributed by atoms with Crippen LogP contribution < -0.4 is 4.74 Å². The van der Waals surface area contributed by atoms with Gasteiger partial charge in [-0.25, -0.2) is 12.8 Å². The molecule has 0 unspecified atom stereocenters. The first-order chi connectivity index (χ1) is 14.3. The highest BCUT2D eigenvalue weighted by Gasteiger charge is 2.35. The van der Waals surface area contributed by atoms with Gasteiger partial charge in [-0.2, -0.15) is 0 Å². The van der Waals surface area contributed by atoms with Crippen LogP contribution >= 0.6 is 11.6 Å². The van der Waals surface area contributed by atoms with E-state index in [1.54, 1.807) is 30.3 Å². The molecule has 1 aliphatic rings. The van der Waals surface area contributed by atoms with Crippen LogP contribution in [0.15, 0.2) is 42.5 Å². The minimum Gasteiger partial charge on any atom is -0.494 e. The molecule has 0 radical (unpaired) electrons. The Kier molecular flexibility index (Phi) is 7.36. The molecular formula is C22H25ClFNO4S. The van der Waals surface area contributed by atoms with Gasteiger partial charge in [0.05, 0.1) is 24.7 Å². The minimum atomic E-state index is -3.23. The van der Waals surface area contributed by atoms with Gasteiger partial charge < -0.3 is 9.64 Å². The molecule has 2 aromatic carbocycles. The zero-order valence-corrected chi connectivity index (χ0v) is 18.4. The van der Waals surface area contributed by atoms with Gasteiger partial charge in [0.15, 0.2) is 9.84 Å². The number of carbonyl (C=O) groups excluding carboxylic acids is 1. The number of rotatable bonds is 8. The summed E-state index contributed by atoms with van der Waals surface area (Å²) in [5.74, 6) is -0.357. The number of unbranched alkanes of at least 4 members (excludes halogenated alkanes) is 1. The SMILES string of the molecule is CCCCOc1ccc(C(=O)N(Cc2c(F)cccc2Cl)[C@H]2CCS(=O)(=O)C2)cc1. The molecule has 1 amide bonds. The Labute approximate surface area is 181 Å². The van der Waals surface area contributed by atoms with E-state index in [0.717, 1.165) is 12.8 Å². The lowest BCUT2D eigenvalue weighted by molar-refractivity contribution is 0.0679. The smallest absolute Gasteiger partial charge is 0.254 e. The molecule has 1 atom stereocenters. The molecule has 3 rings (SSSR count). The maximum Gasteiger partial charge on any atom is 0.254 e. The van der Waals surface area contributed by atoms with Gasteiger partial charge in [0.2, 0.25) is 0 Å². The largest absolute Gasteiger partial charge is 0.494 e. The average molecular weight is 454 g/mol. The topological polar surface area (TPSA) is 63.7 Å². The number of halogens is 2. The second-order valence-electron chi connectivity index (χ2n) is 7.42. The fourth-order valence-corrected chi connectivity index (χ4v) is 5.39. The van der Waals surface area contributed by atoms with Gasteiger partial charge in [-0.3, -0.25) is 4.79 Å². The van der Waals surface area contributed by atoms with Crippen molar-refractivity contribution in [2.75, 3.05) is 18.1 Å². The number of carbonyl (C=O) groups is 1. The summed E-state index contributed by atoms with van der Waals surface area (Å²) in [7, 11) is -3.23. The van der Waals surface area contributed by atoms with Crippen LogP contribution in [0.1, 0.15) is 42.1 Å². The van der Waals surface area contributed by atoms with Crippen LogP contribution in [0.4, 0.5) is 4.39 Å². The van der Waals surface area contributed by atoms with E-state index in [0.29, 0.717) is 24.3 Å². The fourth-order valence-electron chi connectivity index (χ4n) is 3.44. The Morgan fingerprint density at radius 3 is 2.57 bits per heavy atom. The molecule has 0 aromatic heterocycles. The molecule has 0 aliphatic carbocycles. The predicted octanol–water partition coefficient (Wildman–Crippen LogP) is 4.49. The lowest BCUT2D eigenvalue weighted by Gasteiger charge is -2.29. The van der Waals surface area contributed by atoms with E-state index in [1.807, 2.05) is 0 Å². The molecular weight excluding hydrogens is 429 g/mol. The van der Waals surface area contributed by atoms with Gasteiger partial charge in [-0.1, -0.05) is 31.0 Å². The van der Waals surface area contributed by atoms with Crippen molar-refractivity contribution in [1.82, 2.24) is 4.90 Å². The fraction of sp³-hybridized carbons (Fsp3) is 0.409. The second-order valence-corrected chi connectivity index (χ2v) is 10.1. The molecule has 1 aliphatic heterocycles. The van der Waals surface area contributed by atoms with Gasteiger partial charge >= 0.3 is 0 Å². The van der Waals surface area contributed by atoms with Gasteiger partial charge in [-0.05, 0) is 49.2 Å². The summed E-state index contributed by atoms with van der Waals surface area (Å²) in [6.45, 7) is 2.58. The summed E-state index contributed by atoms with van der Waals surface area (Å²) in [6, 6.07) is 10.5. The maximum atomic E-state index is 14.4. The monoisotopic (exact) mass is 453 g/mol. The number of benzene rings is 2. The Balaban J connectivity index is 1.85. The molecule has 5 nitrogen and oxygen atoms in total. The van der Waals surface area contributed by atoms with Gasteiger partial charge in [0.25, 0.3) is 5.91 Å². The summed E-state index contributed by atoms with van der Waals surface area (Å²) in [5.41, 5.74) is 0.561. The normalized spacial score (nSPS) is 17.6. The molecule has 0 spiro atoms. The predicted molar refractivity (Wildman–Crippen MR) is 115 cm³/mol.